The molecule has 2 aromatic heterocycles. The fourth-order valence-electron chi connectivity index (χ4n) is 6.24. The number of nitrogens with zero attached hydrogens (tertiary/aromatic N) is 3. The van der Waals surface area contributed by atoms with Crippen LogP contribution in [0.1, 0.15) is 54.7 Å². The average molecular weight is 479 g/mol. The van der Waals surface area contributed by atoms with E-state index in [-0.39, 0.29) is 17.5 Å². The summed E-state index contributed by atoms with van der Waals surface area (Å²) in [7, 11) is 0. The van der Waals surface area contributed by atoms with Gasteiger partial charge in [0.1, 0.15) is 11.5 Å². The standard InChI is InChI=1S/C22H21F4N5O3/c23-14-1-2-15(28-10-14)17(32)30-20-6-12-5-13(7-20)9-21(8-12,11-20)31-19(33)34-18-27-4-3-16(29-18)22(24,25)26/h1-4,10,12-13H,5-9,11H2,(H,30,32)(H,31,33). The fraction of sp³-hybridized carbons (Fsp3) is 0.500. The number of pyridine rings is 1. The summed E-state index contributed by atoms with van der Waals surface area (Å²) in [5.74, 6) is -0.449. The van der Waals surface area contributed by atoms with Gasteiger partial charge in [-0.05, 0) is 68.6 Å². The summed E-state index contributed by atoms with van der Waals surface area (Å²) in [4.78, 5) is 36.1. The molecule has 6 rings (SSSR count). The molecule has 0 radical (unpaired) electrons. The first-order valence-electron chi connectivity index (χ1n) is 10.9. The highest BCUT2D eigenvalue weighted by Crippen LogP contribution is 2.57. The van der Waals surface area contributed by atoms with Crippen molar-refractivity contribution in [1.82, 2.24) is 25.6 Å². The highest BCUT2D eigenvalue weighted by atomic mass is 19.4. The van der Waals surface area contributed by atoms with Gasteiger partial charge in [-0.3, -0.25) is 4.79 Å². The van der Waals surface area contributed by atoms with Crippen LogP contribution < -0.4 is 15.4 Å². The van der Waals surface area contributed by atoms with Gasteiger partial charge in [-0.15, -0.1) is 0 Å². The number of ether oxygens (including phenoxy) is 1. The second kappa shape index (κ2) is 7.88. The van der Waals surface area contributed by atoms with Crippen LogP contribution in [0.25, 0.3) is 0 Å². The Balaban J connectivity index is 1.30. The molecule has 4 bridgehead atoms. The van der Waals surface area contributed by atoms with E-state index in [0.717, 1.165) is 37.7 Å². The molecule has 2 atom stereocenters. The van der Waals surface area contributed by atoms with Crippen molar-refractivity contribution in [3.05, 3.63) is 47.8 Å². The van der Waals surface area contributed by atoms with E-state index >= 15 is 0 Å². The Morgan fingerprint density at radius 3 is 2.29 bits per heavy atom. The zero-order valence-corrected chi connectivity index (χ0v) is 17.9. The normalized spacial score (nSPS) is 29.5. The Kier molecular flexibility index (Phi) is 5.21. The topological polar surface area (TPSA) is 106 Å². The predicted octanol–water partition coefficient (Wildman–Crippen LogP) is 3.64. The van der Waals surface area contributed by atoms with Crippen molar-refractivity contribution in [3.63, 3.8) is 0 Å². The molecule has 0 aromatic carbocycles. The van der Waals surface area contributed by atoms with Gasteiger partial charge in [-0.1, -0.05) is 0 Å². The number of carbonyl (C=O) groups is 2. The molecule has 2 heterocycles. The summed E-state index contributed by atoms with van der Waals surface area (Å²) in [6, 6.07) is 2.47. The Bertz CT molecular complexity index is 1110. The molecule has 2 N–H and O–H groups in total. The van der Waals surface area contributed by atoms with Crippen LogP contribution in [0.2, 0.25) is 0 Å². The number of aromatic nitrogens is 3. The van der Waals surface area contributed by atoms with Crippen molar-refractivity contribution in [2.75, 3.05) is 0 Å². The largest absolute Gasteiger partial charge is 0.433 e. The lowest BCUT2D eigenvalue weighted by molar-refractivity contribution is -0.141. The Hall–Kier alpha value is -3.31. The summed E-state index contributed by atoms with van der Waals surface area (Å²) < 4.78 is 56.8. The smallest absolute Gasteiger partial charge is 0.374 e. The molecular formula is C22H21F4N5O3. The SMILES string of the molecule is O=C(NC12CC3CC(C1)CC(NC(=O)c1ccc(F)cn1)(C3)C2)Oc1nccc(C(F)(F)F)n1. The van der Waals surface area contributed by atoms with Gasteiger partial charge in [0.25, 0.3) is 5.91 Å². The van der Waals surface area contributed by atoms with Crippen LogP contribution in [-0.4, -0.2) is 38.0 Å². The fourth-order valence-corrected chi connectivity index (χ4v) is 6.24. The monoisotopic (exact) mass is 479 g/mol. The molecule has 8 nitrogen and oxygen atoms in total. The number of alkyl halides is 3. The van der Waals surface area contributed by atoms with E-state index in [0.29, 0.717) is 25.3 Å². The van der Waals surface area contributed by atoms with E-state index in [1.165, 1.54) is 6.07 Å². The minimum absolute atomic E-state index is 0.0975. The molecule has 4 saturated carbocycles. The van der Waals surface area contributed by atoms with E-state index in [9.17, 15) is 27.2 Å². The molecule has 0 saturated heterocycles. The molecule has 180 valence electrons. The molecule has 4 fully saturated rings. The Morgan fingerprint density at radius 2 is 1.68 bits per heavy atom. The number of halogens is 4. The number of hydrogen-bond donors (Lipinski definition) is 2. The van der Waals surface area contributed by atoms with Crippen molar-refractivity contribution in [2.45, 2.75) is 55.8 Å². The van der Waals surface area contributed by atoms with E-state index in [1.807, 2.05) is 0 Å². The van der Waals surface area contributed by atoms with Crippen LogP contribution in [0.5, 0.6) is 6.01 Å². The zero-order valence-electron chi connectivity index (χ0n) is 17.9. The molecule has 2 unspecified atom stereocenters. The lowest BCUT2D eigenvalue weighted by atomic mass is 9.50. The third-order valence-corrected chi connectivity index (χ3v) is 6.87. The quantitative estimate of drug-likeness (QED) is 0.649. The van der Waals surface area contributed by atoms with Crippen LogP contribution >= 0.6 is 0 Å². The van der Waals surface area contributed by atoms with Crippen molar-refractivity contribution >= 4 is 12.0 Å². The first-order valence-corrected chi connectivity index (χ1v) is 10.9. The van der Waals surface area contributed by atoms with Gasteiger partial charge in [0.2, 0.25) is 0 Å². The van der Waals surface area contributed by atoms with E-state index in [2.05, 4.69) is 25.6 Å². The van der Waals surface area contributed by atoms with Crippen molar-refractivity contribution in [3.8, 4) is 6.01 Å². The lowest BCUT2D eigenvalue weighted by Gasteiger charge is -2.61. The molecule has 4 aliphatic carbocycles. The van der Waals surface area contributed by atoms with Gasteiger partial charge >= 0.3 is 18.3 Å². The Morgan fingerprint density at radius 1 is 1.00 bits per heavy atom. The van der Waals surface area contributed by atoms with Gasteiger partial charge in [0.15, 0.2) is 5.69 Å². The molecule has 0 aliphatic heterocycles. The van der Waals surface area contributed by atoms with Gasteiger partial charge in [-0.2, -0.15) is 18.2 Å². The molecule has 12 heteroatoms. The predicted molar refractivity (Wildman–Crippen MR) is 108 cm³/mol. The van der Waals surface area contributed by atoms with Crippen LogP contribution in [0.15, 0.2) is 30.6 Å². The molecule has 0 spiro atoms. The minimum Gasteiger partial charge on any atom is -0.374 e. The number of hydrogen-bond acceptors (Lipinski definition) is 6. The summed E-state index contributed by atoms with van der Waals surface area (Å²) in [5.41, 5.74) is -2.36. The number of rotatable bonds is 4. The average Bonchev–Trinajstić information content (AvgIpc) is 2.72. The maximum atomic E-state index is 13.2. The van der Waals surface area contributed by atoms with Crippen molar-refractivity contribution < 1.29 is 31.9 Å². The van der Waals surface area contributed by atoms with E-state index in [1.54, 1.807) is 0 Å². The van der Waals surface area contributed by atoms with Crippen molar-refractivity contribution in [2.24, 2.45) is 11.8 Å². The van der Waals surface area contributed by atoms with Crippen LogP contribution in [-0.2, 0) is 6.18 Å². The molecule has 2 aromatic rings. The maximum absolute atomic E-state index is 13.2. The molecule has 2 amide bonds. The van der Waals surface area contributed by atoms with Crippen LogP contribution in [0.3, 0.4) is 0 Å². The van der Waals surface area contributed by atoms with E-state index in [4.69, 9.17) is 4.74 Å². The number of carbonyl (C=O) groups excluding carboxylic acids is 2. The summed E-state index contributed by atoms with van der Waals surface area (Å²) >= 11 is 0. The first-order chi connectivity index (χ1) is 16.0. The molecule has 4 aliphatic rings. The third kappa shape index (κ3) is 4.40. The second-order valence-corrected chi connectivity index (χ2v) is 9.57. The van der Waals surface area contributed by atoms with Crippen molar-refractivity contribution in [1.29, 1.82) is 0 Å². The minimum atomic E-state index is -4.69. The highest BCUT2D eigenvalue weighted by Gasteiger charge is 2.59. The summed E-state index contributed by atoms with van der Waals surface area (Å²) in [5, 5.41) is 5.90. The van der Waals surface area contributed by atoms with Gasteiger partial charge in [0.05, 0.1) is 6.20 Å². The maximum Gasteiger partial charge on any atom is 0.433 e. The zero-order chi connectivity index (χ0) is 24.1. The molecular weight excluding hydrogens is 458 g/mol. The number of amides is 2. The first kappa shape index (κ1) is 22.5. The highest BCUT2D eigenvalue weighted by molar-refractivity contribution is 5.92. The second-order valence-electron chi connectivity index (χ2n) is 9.57. The summed E-state index contributed by atoms with van der Waals surface area (Å²) in [6.45, 7) is 0. The lowest BCUT2D eigenvalue weighted by Crippen LogP contribution is -2.70. The van der Waals surface area contributed by atoms with Crippen LogP contribution in [0.4, 0.5) is 22.4 Å². The van der Waals surface area contributed by atoms with Gasteiger partial charge in [-0.25, -0.2) is 19.2 Å². The number of nitrogens with one attached hydrogen (secondary N) is 2. The Labute approximate surface area is 191 Å². The molecule has 34 heavy (non-hydrogen) atoms. The van der Waals surface area contributed by atoms with Gasteiger partial charge < -0.3 is 15.4 Å². The summed E-state index contributed by atoms with van der Waals surface area (Å²) in [6.07, 6.45) is 0.463. The third-order valence-electron chi connectivity index (χ3n) is 6.87. The van der Waals surface area contributed by atoms with Crippen LogP contribution in [0, 0.1) is 17.7 Å². The van der Waals surface area contributed by atoms with E-state index < -0.39 is 46.8 Å². The van der Waals surface area contributed by atoms with Gasteiger partial charge in [0, 0.05) is 17.3 Å².